The molecule has 1 atom stereocenters. The summed E-state index contributed by atoms with van der Waals surface area (Å²) in [6.07, 6.45) is 2.46. The maximum Gasteiger partial charge on any atom is 0.129 e. The molecule has 1 aliphatic rings. The Hall–Kier alpha value is -0.640. The second kappa shape index (κ2) is 6.50. The molecule has 0 spiro atoms. The summed E-state index contributed by atoms with van der Waals surface area (Å²) in [6.45, 7) is 3.83. The van der Waals surface area contributed by atoms with Crippen LogP contribution in [0, 0.1) is 11.7 Å². The zero-order chi connectivity index (χ0) is 13.0. The Morgan fingerprint density at radius 3 is 3.06 bits per heavy atom. The van der Waals surface area contributed by atoms with Crippen molar-refractivity contribution in [3.05, 3.63) is 34.6 Å². The number of halogens is 2. The van der Waals surface area contributed by atoms with Crippen LogP contribution >= 0.6 is 11.6 Å². The van der Waals surface area contributed by atoms with E-state index in [4.69, 9.17) is 11.6 Å². The second-order valence-electron chi connectivity index (χ2n) is 5.04. The van der Waals surface area contributed by atoms with Gasteiger partial charge in [0.1, 0.15) is 5.82 Å². The Morgan fingerprint density at radius 1 is 1.50 bits per heavy atom. The van der Waals surface area contributed by atoms with Gasteiger partial charge < -0.3 is 5.32 Å². The molecule has 0 amide bonds. The van der Waals surface area contributed by atoms with Crippen molar-refractivity contribution in [1.82, 2.24) is 10.2 Å². The van der Waals surface area contributed by atoms with Crippen molar-refractivity contribution in [1.29, 1.82) is 0 Å². The van der Waals surface area contributed by atoms with Crippen molar-refractivity contribution < 1.29 is 4.39 Å². The Morgan fingerprint density at radius 2 is 2.33 bits per heavy atom. The summed E-state index contributed by atoms with van der Waals surface area (Å²) >= 11 is 5.76. The van der Waals surface area contributed by atoms with E-state index < -0.39 is 0 Å². The molecule has 1 heterocycles. The lowest BCUT2D eigenvalue weighted by molar-refractivity contribution is 0.165. The van der Waals surface area contributed by atoms with Crippen LogP contribution in [0.3, 0.4) is 0 Å². The van der Waals surface area contributed by atoms with Gasteiger partial charge in [-0.1, -0.05) is 17.7 Å². The molecule has 1 aliphatic heterocycles. The summed E-state index contributed by atoms with van der Waals surface area (Å²) in [6, 6.07) is 4.94. The molecule has 100 valence electrons. The highest BCUT2D eigenvalue weighted by Crippen LogP contribution is 2.20. The molecular weight excluding hydrogens is 251 g/mol. The topological polar surface area (TPSA) is 15.3 Å². The van der Waals surface area contributed by atoms with E-state index in [1.165, 1.54) is 18.9 Å². The van der Waals surface area contributed by atoms with Gasteiger partial charge >= 0.3 is 0 Å². The Bertz CT molecular complexity index is 395. The molecule has 1 fully saturated rings. The zero-order valence-electron chi connectivity index (χ0n) is 10.8. The highest BCUT2D eigenvalue weighted by atomic mass is 35.5. The lowest BCUT2D eigenvalue weighted by Crippen LogP contribution is -2.38. The largest absolute Gasteiger partial charge is 0.319 e. The van der Waals surface area contributed by atoms with Gasteiger partial charge in [0.15, 0.2) is 0 Å². The fourth-order valence-electron chi connectivity index (χ4n) is 2.64. The van der Waals surface area contributed by atoms with Crippen LogP contribution in [0.4, 0.5) is 4.39 Å². The third-order valence-corrected chi connectivity index (χ3v) is 3.74. The number of nitrogens with one attached hydrogen (secondary N) is 1. The first-order valence-electron chi connectivity index (χ1n) is 6.50. The molecule has 1 aromatic carbocycles. The average molecular weight is 271 g/mol. The number of piperidine rings is 1. The Labute approximate surface area is 113 Å². The smallest absolute Gasteiger partial charge is 0.129 e. The van der Waals surface area contributed by atoms with Crippen LogP contribution in [-0.4, -0.2) is 31.6 Å². The lowest BCUT2D eigenvalue weighted by Gasteiger charge is -2.32. The van der Waals surface area contributed by atoms with Crippen molar-refractivity contribution in [3.8, 4) is 0 Å². The van der Waals surface area contributed by atoms with Gasteiger partial charge in [0.05, 0.1) is 0 Å². The van der Waals surface area contributed by atoms with E-state index in [9.17, 15) is 4.39 Å². The van der Waals surface area contributed by atoms with Gasteiger partial charge in [-0.15, -0.1) is 0 Å². The SMILES string of the molecule is CNCC1CCCN(Cc2ccc(Cl)cc2F)C1. The average Bonchev–Trinajstić information content (AvgIpc) is 2.34. The fourth-order valence-corrected chi connectivity index (χ4v) is 2.80. The van der Waals surface area contributed by atoms with Crippen molar-refractivity contribution in [3.63, 3.8) is 0 Å². The first-order chi connectivity index (χ1) is 8.69. The van der Waals surface area contributed by atoms with Gasteiger partial charge in [-0.2, -0.15) is 0 Å². The summed E-state index contributed by atoms with van der Waals surface area (Å²) in [7, 11) is 1.98. The minimum absolute atomic E-state index is 0.196. The molecule has 18 heavy (non-hydrogen) atoms. The highest BCUT2D eigenvalue weighted by Gasteiger charge is 2.20. The molecular formula is C14H20ClFN2. The van der Waals surface area contributed by atoms with Gasteiger partial charge in [-0.25, -0.2) is 4.39 Å². The van der Waals surface area contributed by atoms with E-state index in [1.807, 2.05) is 7.05 Å². The molecule has 2 rings (SSSR count). The van der Waals surface area contributed by atoms with Gasteiger partial charge in [0.2, 0.25) is 0 Å². The van der Waals surface area contributed by atoms with Crippen LogP contribution in [0.25, 0.3) is 0 Å². The normalized spacial score (nSPS) is 21.2. The second-order valence-corrected chi connectivity index (χ2v) is 5.47. The van der Waals surface area contributed by atoms with E-state index in [0.717, 1.165) is 25.2 Å². The summed E-state index contributed by atoms with van der Waals surface area (Å²) in [5.74, 6) is 0.484. The van der Waals surface area contributed by atoms with E-state index in [2.05, 4.69) is 10.2 Å². The number of benzene rings is 1. The molecule has 1 saturated heterocycles. The maximum absolute atomic E-state index is 13.7. The standard InChI is InChI=1S/C14H20ClFN2/c1-17-8-11-3-2-6-18(9-11)10-12-4-5-13(15)7-14(12)16/h4-5,7,11,17H,2-3,6,8-10H2,1H3. The number of hydrogen-bond donors (Lipinski definition) is 1. The summed E-state index contributed by atoms with van der Waals surface area (Å²) in [4.78, 5) is 2.33. The number of nitrogens with zero attached hydrogens (tertiary/aromatic N) is 1. The number of hydrogen-bond acceptors (Lipinski definition) is 2. The summed E-state index contributed by atoms with van der Waals surface area (Å²) in [5.41, 5.74) is 0.740. The zero-order valence-corrected chi connectivity index (χ0v) is 11.5. The van der Waals surface area contributed by atoms with Gasteiger partial charge in [-0.3, -0.25) is 4.90 Å². The predicted octanol–water partition coefficient (Wildman–Crippen LogP) is 2.91. The van der Waals surface area contributed by atoms with Crippen LogP contribution in [0.1, 0.15) is 18.4 Å². The molecule has 4 heteroatoms. The van der Waals surface area contributed by atoms with Crippen LogP contribution in [0.5, 0.6) is 0 Å². The van der Waals surface area contributed by atoms with E-state index >= 15 is 0 Å². The van der Waals surface area contributed by atoms with E-state index in [-0.39, 0.29) is 5.82 Å². The van der Waals surface area contributed by atoms with Crippen molar-refractivity contribution in [2.24, 2.45) is 5.92 Å². The maximum atomic E-state index is 13.7. The van der Waals surface area contributed by atoms with Gasteiger partial charge in [0, 0.05) is 23.7 Å². The van der Waals surface area contributed by atoms with Crippen molar-refractivity contribution >= 4 is 11.6 Å². The van der Waals surface area contributed by atoms with Gasteiger partial charge in [-0.05, 0) is 51.0 Å². The third-order valence-electron chi connectivity index (χ3n) is 3.50. The molecule has 0 saturated carbocycles. The predicted molar refractivity (Wildman–Crippen MR) is 73.3 cm³/mol. The van der Waals surface area contributed by atoms with Crippen LogP contribution in [0.15, 0.2) is 18.2 Å². The van der Waals surface area contributed by atoms with Crippen LogP contribution < -0.4 is 5.32 Å². The number of likely N-dealkylation sites (tertiary alicyclic amines) is 1. The molecule has 2 nitrogen and oxygen atoms in total. The van der Waals surface area contributed by atoms with Crippen molar-refractivity contribution in [2.75, 3.05) is 26.7 Å². The van der Waals surface area contributed by atoms with Crippen LogP contribution in [-0.2, 0) is 6.54 Å². The Kier molecular flexibility index (Phi) is 4.98. The van der Waals surface area contributed by atoms with Crippen LogP contribution in [0.2, 0.25) is 5.02 Å². The van der Waals surface area contributed by atoms with Gasteiger partial charge in [0.25, 0.3) is 0 Å². The third kappa shape index (κ3) is 3.67. The molecule has 1 aromatic rings. The van der Waals surface area contributed by atoms with E-state index in [0.29, 0.717) is 17.5 Å². The molecule has 1 N–H and O–H groups in total. The monoisotopic (exact) mass is 270 g/mol. The van der Waals surface area contributed by atoms with Crippen molar-refractivity contribution in [2.45, 2.75) is 19.4 Å². The number of rotatable bonds is 4. The molecule has 0 radical (unpaired) electrons. The summed E-state index contributed by atoms with van der Waals surface area (Å²) in [5, 5.41) is 3.68. The highest BCUT2D eigenvalue weighted by molar-refractivity contribution is 6.30. The molecule has 0 aliphatic carbocycles. The minimum atomic E-state index is -0.196. The quantitative estimate of drug-likeness (QED) is 0.905. The van der Waals surface area contributed by atoms with E-state index in [1.54, 1.807) is 12.1 Å². The fraction of sp³-hybridized carbons (Fsp3) is 0.571. The minimum Gasteiger partial charge on any atom is -0.319 e. The first-order valence-corrected chi connectivity index (χ1v) is 6.87. The first kappa shape index (κ1) is 13.8. The molecule has 0 aromatic heterocycles. The summed E-state index contributed by atoms with van der Waals surface area (Å²) < 4.78 is 13.7. The molecule has 1 unspecified atom stereocenters. The molecule has 0 bridgehead atoms. The Balaban J connectivity index is 1.96. The lowest BCUT2D eigenvalue weighted by atomic mass is 9.97.